The minimum Gasteiger partial charge on any atom is -0.368 e. The van der Waals surface area contributed by atoms with Crippen LogP contribution in [0, 0.1) is 0 Å². The van der Waals surface area contributed by atoms with Crippen LogP contribution >= 0.6 is 23.1 Å². The van der Waals surface area contributed by atoms with Gasteiger partial charge in [-0.05, 0) is 31.2 Å². The number of nitrogens with two attached hydrogens (primary N) is 1. The second kappa shape index (κ2) is 9.52. The standard InChI is InChI=1S/C21H29N7OS2/c1-4-5-6-7-11-28-18(29)16-13-9-8-10-14(13)31-17(16)25-21(28)30-12-15-23-19(22)26-20(24-15)27(2)3/h4-12H2,1-3H3,(H2,22,23,24,26). The van der Waals surface area contributed by atoms with Crippen molar-refractivity contribution >= 4 is 45.2 Å². The van der Waals surface area contributed by atoms with Crippen LogP contribution in [0.3, 0.4) is 0 Å². The van der Waals surface area contributed by atoms with Gasteiger partial charge in [-0.3, -0.25) is 9.36 Å². The highest BCUT2D eigenvalue weighted by atomic mass is 32.2. The molecule has 0 aliphatic heterocycles. The summed E-state index contributed by atoms with van der Waals surface area (Å²) in [6.45, 7) is 2.88. The minimum absolute atomic E-state index is 0.104. The van der Waals surface area contributed by atoms with E-state index in [-0.39, 0.29) is 11.5 Å². The number of thiophene rings is 1. The summed E-state index contributed by atoms with van der Waals surface area (Å²) in [5.74, 6) is 1.79. The van der Waals surface area contributed by atoms with E-state index in [1.807, 2.05) is 18.7 Å². The third-order valence-electron chi connectivity index (χ3n) is 5.44. The summed E-state index contributed by atoms with van der Waals surface area (Å²) in [4.78, 5) is 35.3. The topological polar surface area (TPSA) is 103 Å². The van der Waals surface area contributed by atoms with E-state index >= 15 is 0 Å². The van der Waals surface area contributed by atoms with E-state index in [1.165, 1.54) is 35.0 Å². The number of hydrogen-bond acceptors (Lipinski definition) is 9. The van der Waals surface area contributed by atoms with E-state index in [2.05, 4.69) is 21.9 Å². The third kappa shape index (κ3) is 4.69. The molecule has 3 aromatic heterocycles. The van der Waals surface area contributed by atoms with Gasteiger partial charge < -0.3 is 10.6 Å². The highest BCUT2D eigenvalue weighted by Gasteiger charge is 2.23. The smallest absolute Gasteiger partial charge is 0.263 e. The van der Waals surface area contributed by atoms with Crippen molar-refractivity contribution in [3.05, 3.63) is 26.6 Å². The van der Waals surface area contributed by atoms with Crippen LogP contribution < -0.4 is 16.2 Å². The van der Waals surface area contributed by atoms with Crippen LogP contribution in [0.1, 0.15) is 55.3 Å². The van der Waals surface area contributed by atoms with Crippen molar-refractivity contribution in [3.8, 4) is 0 Å². The van der Waals surface area contributed by atoms with Gasteiger partial charge in [-0.25, -0.2) is 4.98 Å². The fourth-order valence-corrected chi connectivity index (χ4v) is 6.06. The fourth-order valence-electron chi connectivity index (χ4n) is 3.88. The normalized spacial score (nSPS) is 13.1. The average molecular weight is 460 g/mol. The number of nitrogen functional groups attached to an aromatic ring is 1. The molecule has 0 bridgehead atoms. The van der Waals surface area contributed by atoms with Crippen molar-refractivity contribution in [3.63, 3.8) is 0 Å². The van der Waals surface area contributed by atoms with Crippen molar-refractivity contribution in [2.45, 2.75) is 69.3 Å². The lowest BCUT2D eigenvalue weighted by Gasteiger charge is -2.13. The van der Waals surface area contributed by atoms with Gasteiger partial charge in [0.15, 0.2) is 5.16 Å². The number of nitrogens with zero attached hydrogens (tertiary/aromatic N) is 6. The molecule has 0 spiro atoms. The third-order valence-corrected chi connectivity index (χ3v) is 7.60. The summed E-state index contributed by atoms with van der Waals surface area (Å²) in [5.41, 5.74) is 7.20. The second-order valence-corrected chi connectivity index (χ2v) is 10.1. The summed E-state index contributed by atoms with van der Waals surface area (Å²) < 4.78 is 1.87. The molecule has 0 radical (unpaired) electrons. The molecule has 0 amide bonds. The maximum absolute atomic E-state index is 13.5. The number of thioether (sulfide) groups is 1. The SMILES string of the molecule is CCCCCCn1c(SCc2nc(N)nc(N(C)C)n2)nc2sc3c(c2c1=O)CCC3. The predicted octanol–water partition coefficient (Wildman–Crippen LogP) is 3.65. The van der Waals surface area contributed by atoms with Crippen molar-refractivity contribution in [1.29, 1.82) is 0 Å². The number of fused-ring (bicyclic) bond motifs is 3. The summed E-state index contributed by atoms with van der Waals surface area (Å²) in [7, 11) is 3.73. The van der Waals surface area contributed by atoms with Crippen molar-refractivity contribution in [2.75, 3.05) is 24.7 Å². The van der Waals surface area contributed by atoms with Crippen molar-refractivity contribution in [1.82, 2.24) is 24.5 Å². The zero-order valence-electron chi connectivity index (χ0n) is 18.3. The summed E-state index contributed by atoms with van der Waals surface area (Å²) in [6, 6.07) is 0. The van der Waals surface area contributed by atoms with Crippen molar-refractivity contribution in [2.24, 2.45) is 0 Å². The van der Waals surface area contributed by atoms with Crippen LogP contribution in [0.25, 0.3) is 10.2 Å². The first-order valence-corrected chi connectivity index (χ1v) is 12.6. The minimum atomic E-state index is 0.104. The van der Waals surface area contributed by atoms with Crippen LogP contribution in [-0.4, -0.2) is 38.6 Å². The monoisotopic (exact) mass is 459 g/mol. The number of rotatable bonds is 9. The fraction of sp³-hybridized carbons (Fsp3) is 0.571. The van der Waals surface area contributed by atoms with E-state index in [0.717, 1.165) is 47.5 Å². The van der Waals surface area contributed by atoms with Gasteiger partial charge in [0.2, 0.25) is 11.9 Å². The largest absolute Gasteiger partial charge is 0.368 e. The molecule has 10 heteroatoms. The quantitative estimate of drug-likeness (QED) is 0.294. The van der Waals surface area contributed by atoms with Crippen LogP contribution in [0.15, 0.2) is 9.95 Å². The number of aryl methyl sites for hydroxylation is 2. The van der Waals surface area contributed by atoms with Gasteiger partial charge in [0.25, 0.3) is 5.56 Å². The molecule has 0 fully saturated rings. The summed E-state index contributed by atoms with van der Waals surface area (Å²) >= 11 is 3.17. The predicted molar refractivity (Wildman–Crippen MR) is 128 cm³/mol. The Morgan fingerprint density at radius 2 is 1.97 bits per heavy atom. The Morgan fingerprint density at radius 1 is 1.13 bits per heavy atom. The van der Waals surface area contributed by atoms with Gasteiger partial charge in [0.1, 0.15) is 10.7 Å². The van der Waals surface area contributed by atoms with E-state index in [0.29, 0.717) is 24.1 Å². The number of anilines is 2. The zero-order valence-corrected chi connectivity index (χ0v) is 20.0. The highest BCUT2D eigenvalue weighted by molar-refractivity contribution is 7.98. The molecule has 3 aromatic rings. The molecule has 0 atom stereocenters. The van der Waals surface area contributed by atoms with Gasteiger partial charge in [0.05, 0.1) is 11.1 Å². The average Bonchev–Trinajstić information content (AvgIpc) is 3.31. The molecule has 0 unspecified atom stereocenters. The number of aromatic nitrogens is 5. The molecule has 0 aromatic carbocycles. The molecule has 166 valence electrons. The van der Waals surface area contributed by atoms with Crippen LogP contribution in [0.4, 0.5) is 11.9 Å². The Labute approximate surface area is 190 Å². The lowest BCUT2D eigenvalue weighted by Crippen LogP contribution is -2.23. The molecule has 0 saturated heterocycles. The molecule has 2 N–H and O–H groups in total. The van der Waals surface area contributed by atoms with Crippen molar-refractivity contribution < 1.29 is 0 Å². The molecule has 3 heterocycles. The number of hydrogen-bond donors (Lipinski definition) is 1. The summed E-state index contributed by atoms with van der Waals surface area (Å²) in [5, 5.41) is 1.58. The lowest BCUT2D eigenvalue weighted by atomic mass is 10.2. The van der Waals surface area contributed by atoms with Gasteiger partial charge in [-0.1, -0.05) is 37.9 Å². The Morgan fingerprint density at radius 3 is 2.74 bits per heavy atom. The first-order chi connectivity index (χ1) is 15.0. The van der Waals surface area contributed by atoms with Gasteiger partial charge in [0, 0.05) is 25.5 Å². The van der Waals surface area contributed by atoms with Crippen LogP contribution in [-0.2, 0) is 25.1 Å². The van der Waals surface area contributed by atoms with Gasteiger partial charge >= 0.3 is 0 Å². The van der Waals surface area contributed by atoms with E-state index in [9.17, 15) is 4.79 Å². The maximum Gasteiger partial charge on any atom is 0.263 e. The molecule has 1 aliphatic rings. The molecular weight excluding hydrogens is 430 g/mol. The Bertz CT molecular complexity index is 1140. The molecule has 4 rings (SSSR count). The highest BCUT2D eigenvalue weighted by Crippen LogP contribution is 2.36. The van der Waals surface area contributed by atoms with E-state index < -0.39 is 0 Å². The first-order valence-electron chi connectivity index (χ1n) is 10.8. The van der Waals surface area contributed by atoms with Gasteiger partial charge in [-0.15, -0.1) is 11.3 Å². The molecule has 31 heavy (non-hydrogen) atoms. The summed E-state index contributed by atoms with van der Waals surface area (Å²) in [6.07, 6.45) is 7.63. The first kappa shape index (κ1) is 22.0. The van der Waals surface area contributed by atoms with E-state index in [4.69, 9.17) is 10.7 Å². The zero-order chi connectivity index (χ0) is 22.0. The molecule has 8 nitrogen and oxygen atoms in total. The van der Waals surface area contributed by atoms with Crippen LogP contribution in [0.5, 0.6) is 0 Å². The van der Waals surface area contributed by atoms with Gasteiger partial charge in [-0.2, -0.15) is 15.0 Å². The van der Waals surface area contributed by atoms with Crippen LogP contribution in [0.2, 0.25) is 0 Å². The number of unbranched alkanes of at least 4 members (excludes halogenated alkanes) is 3. The van der Waals surface area contributed by atoms with E-state index in [1.54, 1.807) is 16.2 Å². The Kier molecular flexibility index (Phi) is 6.76. The lowest BCUT2D eigenvalue weighted by molar-refractivity contribution is 0.531. The molecule has 0 saturated carbocycles. The maximum atomic E-state index is 13.5. The molecular formula is C21H29N7OS2. The Hall–Kier alpha value is -2.20. The Balaban J connectivity index is 1.66. The molecule has 1 aliphatic carbocycles. The second-order valence-electron chi connectivity index (χ2n) is 8.04.